The molecule has 4 heteroatoms. The summed E-state index contributed by atoms with van der Waals surface area (Å²) in [5, 5.41) is 0. The topological polar surface area (TPSA) is 50.8 Å². The molecule has 0 aromatic heterocycles. The molecule has 2 unspecified atom stereocenters. The zero-order valence-corrected chi connectivity index (χ0v) is 10.1. The van der Waals surface area contributed by atoms with Gasteiger partial charge in [-0.25, -0.2) is 0 Å². The summed E-state index contributed by atoms with van der Waals surface area (Å²) in [7, 11) is 0. The zero-order chi connectivity index (χ0) is 11.3. The SMILES string of the molecule is CCCN=C(N)N1CC(C)OCC1CC. The van der Waals surface area contributed by atoms with Crippen LogP contribution in [-0.4, -0.2) is 42.7 Å². The third kappa shape index (κ3) is 3.38. The first-order valence-corrected chi connectivity index (χ1v) is 5.87. The van der Waals surface area contributed by atoms with E-state index in [1.807, 2.05) is 0 Å². The van der Waals surface area contributed by atoms with E-state index in [0.29, 0.717) is 12.0 Å². The molecular formula is C11H23N3O. The molecule has 1 saturated heterocycles. The highest BCUT2D eigenvalue weighted by Gasteiger charge is 2.26. The number of ether oxygens (including phenoxy) is 1. The van der Waals surface area contributed by atoms with E-state index in [9.17, 15) is 0 Å². The number of guanidine groups is 1. The Bertz CT molecular complexity index is 218. The maximum atomic E-state index is 5.98. The Kier molecular flexibility index (Phi) is 4.88. The smallest absolute Gasteiger partial charge is 0.191 e. The second kappa shape index (κ2) is 5.95. The van der Waals surface area contributed by atoms with Crippen LogP contribution in [0, 0.1) is 0 Å². The number of nitrogens with zero attached hydrogens (tertiary/aromatic N) is 2. The van der Waals surface area contributed by atoms with Gasteiger partial charge in [0.1, 0.15) is 0 Å². The molecule has 0 radical (unpaired) electrons. The number of nitrogens with two attached hydrogens (primary N) is 1. The normalized spacial score (nSPS) is 28.2. The van der Waals surface area contributed by atoms with E-state index in [1.54, 1.807) is 0 Å². The molecule has 0 spiro atoms. The summed E-state index contributed by atoms with van der Waals surface area (Å²) in [5.41, 5.74) is 5.98. The Morgan fingerprint density at radius 2 is 2.27 bits per heavy atom. The van der Waals surface area contributed by atoms with E-state index in [2.05, 4.69) is 30.7 Å². The van der Waals surface area contributed by atoms with Crippen LogP contribution < -0.4 is 5.73 Å². The first kappa shape index (κ1) is 12.3. The van der Waals surface area contributed by atoms with Crippen molar-refractivity contribution in [2.24, 2.45) is 10.7 Å². The van der Waals surface area contributed by atoms with E-state index in [4.69, 9.17) is 10.5 Å². The van der Waals surface area contributed by atoms with Crippen LogP contribution in [0.15, 0.2) is 4.99 Å². The van der Waals surface area contributed by atoms with Gasteiger partial charge < -0.3 is 15.4 Å². The second-order valence-electron chi connectivity index (χ2n) is 4.10. The minimum absolute atomic E-state index is 0.253. The van der Waals surface area contributed by atoms with E-state index in [1.165, 1.54) is 0 Å². The Morgan fingerprint density at radius 3 is 2.87 bits per heavy atom. The average Bonchev–Trinajstić information content (AvgIpc) is 2.25. The second-order valence-corrected chi connectivity index (χ2v) is 4.10. The van der Waals surface area contributed by atoms with Crippen molar-refractivity contribution in [2.45, 2.75) is 45.8 Å². The van der Waals surface area contributed by atoms with E-state index >= 15 is 0 Å². The lowest BCUT2D eigenvalue weighted by atomic mass is 10.1. The van der Waals surface area contributed by atoms with Crippen molar-refractivity contribution in [2.75, 3.05) is 19.7 Å². The quantitative estimate of drug-likeness (QED) is 0.566. The van der Waals surface area contributed by atoms with Gasteiger partial charge >= 0.3 is 0 Å². The predicted molar refractivity (Wildman–Crippen MR) is 63.0 cm³/mol. The van der Waals surface area contributed by atoms with Crippen LogP contribution in [-0.2, 0) is 4.74 Å². The van der Waals surface area contributed by atoms with Crippen molar-refractivity contribution in [1.29, 1.82) is 0 Å². The Morgan fingerprint density at radius 1 is 1.53 bits per heavy atom. The summed E-state index contributed by atoms with van der Waals surface area (Å²) in [6, 6.07) is 0.391. The lowest BCUT2D eigenvalue weighted by molar-refractivity contribution is -0.0289. The summed E-state index contributed by atoms with van der Waals surface area (Å²) in [6.07, 6.45) is 2.34. The lowest BCUT2D eigenvalue weighted by Crippen LogP contribution is -2.54. The molecule has 0 aliphatic carbocycles. The van der Waals surface area contributed by atoms with Gasteiger partial charge in [0.05, 0.1) is 18.8 Å². The third-order valence-electron chi connectivity index (χ3n) is 2.73. The molecule has 1 heterocycles. The molecule has 0 amide bonds. The minimum Gasteiger partial charge on any atom is -0.375 e. The van der Waals surface area contributed by atoms with Crippen LogP contribution in [0.25, 0.3) is 0 Å². The molecule has 0 saturated carbocycles. The van der Waals surface area contributed by atoms with Gasteiger partial charge in [0.25, 0.3) is 0 Å². The molecule has 1 aliphatic rings. The predicted octanol–water partition coefficient (Wildman–Crippen LogP) is 1.21. The molecule has 0 aromatic carbocycles. The Balaban J connectivity index is 2.61. The molecule has 0 bridgehead atoms. The molecule has 1 fully saturated rings. The molecule has 88 valence electrons. The van der Waals surface area contributed by atoms with Crippen molar-refractivity contribution in [3.8, 4) is 0 Å². The number of hydrogen-bond acceptors (Lipinski definition) is 2. The zero-order valence-electron chi connectivity index (χ0n) is 10.1. The van der Waals surface area contributed by atoms with E-state index in [-0.39, 0.29) is 6.10 Å². The Labute approximate surface area is 92.5 Å². The molecule has 15 heavy (non-hydrogen) atoms. The van der Waals surface area contributed by atoms with Crippen LogP contribution in [0.2, 0.25) is 0 Å². The molecule has 4 nitrogen and oxygen atoms in total. The number of morpholine rings is 1. The van der Waals surface area contributed by atoms with Crippen molar-refractivity contribution in [3.63, 3.8) is 0 Å². The van der Waals surface area contributed by atoms with Crippen LogP contribution in [0.5, 0.6) is 0 Å². The summed E-state index contributed by atoms with van der Waals surface area (Å²) < 4.78 is 5.61. The van der Waals surface area contributed by atoms with Gasteiger partial charge in [0.15, 0.2) is 5.96 Å². The highest BCUT2D eigenvalue weighted by Crippen LogP contribution is 2.13. The molecule has 0 aromatic rings. The van der Waals surface area contributed by atoms with E-state index in [0.717, 1.165) is 32.5 Å². The highest BCUT2D eigenvalue weighted by atomic mass is 16.5. The summed E-state index contributed by atoms with van der Waals surface area (Å²) >= 11 is 0. The fourth-order valence-corrected chi connectivity index (χ4v) is 1.78. The number of rotatable bonds is 3. The van der Waals surface area contributed by atoms with Gasteiger partial charge in [-0.1, -0.05) is 13.8 Å². The van der Waals surface area contributed by atoms with Gasteiger partial charge in [-0.2, -0.15) is 0 Å². The monoisotopic (exact) mass is 213 g/mol. The molecular weight excluding hydrogens is 190 g/mol. The van der Waals surface area contributed by atoms with Crippen molar-refractivity contribution >= 4 is 5.96 Å². The van der Waals surface area contributed by atoms with Crippen molar-refractivity contribution < 1.29 is 4.74 Å². The summed E-state index contributed by atoms with van der Waals surface area (Å²) in [6.45, 7) is 8.78. The molecule has 2 atom stereocenters. The fraction of sp³-hybridized carbons (Fsp3) is 0.909. The number of aliphatic imine (C=N–C) groups is 1. The van der Waals surface area contributed by atoms with Gasteiger partial charge in [-0.15, -0.1) is 0 Å². The van der Waals surface area contributed by atoms with Gasteiger partial charge in [0.2, 0.25) is 0 Å². The molecule has 1 aliphatic heterocycles. The van der Waals surface area contributed by atoms with Crippen LogP contribution >= 0.6 is 0 Å². The third-order valence-corrected chi connectivity index (χ3v) is 2.73. The van der Waals surface area contributed by atoms with Gasteiger partial charge in [-0.05, 0) is 19.8 Å². The van der Waals surface area contributed by atoms with Crippen molar-refractivity contribution in [3.05, 3.63) is 0 Å². The average molecular weight is 213 g/mol. The number of hydrogen-bond donors (Lipinski definition) is 1. The first-order valence-electron chi connectivity index (χ1n) is 5.87. The van der Waals surface area contributed by atoms with Crippen LogP contribution in [0.4, 0.5) is 0 Å². The molecule has 1 rings (SSSR count). The maximum absolute atomic E-state index is 5.98. The van der Waals surface area contributed by atoms with Crippen LogP contribution in [0.1, 0.15) is 33.6 Å². The highest BCUT2D eigenvalue weighted by molar-refractivity contribution is 5.78. The summed E-state index contributed by atoms with van der Waals surface area (Å²) in [4.78, 5) is 6.55. The lowest BCUT2D eigenvalue weighted by Gasteiger charge is -2.39. The molecule has 2 N–H and O–H groups in total. The summed E-state index contributed by atoms with van der Waals surface area (Å²) in [5.74, 6) is 0.679. The van der Waals surface area contributed by atoms with Gasteiger partial charge in [-0.3, -0.25) is 4.99 Å². The minimum atomic E-state index is 0.253. The van der Waals surface area contributed by atoms with Gasteiger partial charge in [0, 0.05) is 13.1 Å². The van der Waals surface area contributed by atoms with Crippen molar-refractivity contribution in [1.82, 2.24) is 4.90 Å². The fourth-order valence-electron chi connectivity index (χ4n) is 1.78. The maximum Gasteiger partial charge on any atom is 0.191 e. The van der Waals surface area contributed by atoms with E-state index < -0.39 is 0 Å². The Hall–Kier alpha value is -0.770. The first-order chi connectivity index (χ1) is 7.19. The van der Waals surface area contributed by atoms with Crippen LogP contribution in [0.3, 0.4) is 0 Å². The largest absolute Gasteiger partial charge is 0.375 e. The standard InChI is InChI=1S/C11H23N3O/c1-4-6-13-11(12)14-7-9(3)15-8-10(14)5-2/h9-10H,4-8H2,1-3H3,(H2,12,13).